The van der Waals surface area contributed by atoms with E-state index in [0.717, 1.165) is 19.6 Å². The number of hydrogen-bond acceptors (Lipinski definition) is 6. The van der Waals surface area contributed by atoms with Crippen molar-refractivity contribution < 1.29 is 24.2 Å². The Morgan fingerprint density at radius 3 is 2.62 bits per heavy atom. The van der Waals surface area contributed by atoms with Crippen LogP contribution in [0.15, 0.2) is 54.1 Å². The number of Topliss-reactive ketones (excluding diaryl/α,β-unsaturated/α-hetero) is 1. The molecule has 2 fully saturated rings. The number of morpholine rings is 1. The third-order valence-corrected chi connectivity index (χ3v) is 6.34. The number of benzene rings is 2. The van der Waals surface area contributed by atoms with Gasteiger partial charge in [-0.1, -0.05) is 35.9 Å². The van der Waals surface area contributed by atoms with E-state index in [1.54, 1.807) is 47.4 Å². The van der Waals surface area contributed by atoms with E-state index in [0.29, 0.717) is 54.7 Å². The quantitative estimate of drug-likeness (QED) is 0.348. The molecule has 2 aliphatic heterocycles. The van der Waals surface area contributed by atoms with Crippen LogP contribution >= 0.6 is 11.6 Å². The van der Waals surface area contributed by atoms with Crippen molar-refractivity contribution in [3.05, 3.63) is 70.3 Å². The number of hydrogen-bond donors (Lipinski definition) is 1. The van der Waals surface area contributed by atoms with E-state index in [1.165, 1.54) is 0 Å². The van der Waals surface area contributed by atoms with Crippen LogP contribution in [0.3, 0.4) is 0 Å². The zero-order valence-electron chi connectivity index (χ0n) is 19.2. The van der Waals surface area contributed by atoms with Crippen molar-refractivity contribution in [1.82, 2.24) is 9.80 Å². The Bertz CT molecular complexity index is 1080. The van der Waals surface area contributed by atoms with Gasteiger partial charge in [-0.25, -0.2) is 0 Å². The van der Waals surface area contributed by atoms with Gasteiger partial charge in [-0.2, -0.15) is 0 Å². The van der Waals surface area contributed by atoms with Crippen molar-refractivity contribution in [1.29, 1.82) is 0 Å². The molecule has 0 aliphatic carbocycles. The van der Waals surface area contributed by atoms with Crippen molar-refractivity contribution >= 4 is 29.1 Å². The smallest absolute Gasteiger partial charge is 0.295 e. The number of aliphatic hydroxyl groups is 1. The van der Waals surface area contributed by atoms with Crippen molar-refractivity contribution in [2.24, 2.45) is 0 Å². The van der Waals surface area contributed by atoms with Crippen molar-refractivity contribution in [2.45, 2.75) is 19.4 Å². The molecule has 1 N–H and O–H groups in total. The normalized spacial score (nSPS) is 20.6. The van der Waals surface area contributed by atoms with Gasteiger partial charge < -0.3 is 19.5 Å². The first-order chi connectivity index (χ1) is 16.5. The van der Waals surface area contributed by atoms with Gasteiger partial charge in [0.2, 0.25) is 0 Å². The molecule has 2 saturated heterocycles. The maximum absolute atomic E-state index is 13.2. The van der Waals surface area contributed by atoms with Crippen LogP contribution in [0.25, 0.3) is 5.76 Å². The maximum Gasteiger partial charge on any atom is 0.295 e. The van der Waals surface area contributed by atoms with Gasteiger partial charge in [-0.3, -0.25) is 14.5 Å². The zero-order chi connectivity index (χ0) is 24.1. The highest BCUT2D eigenvalue weighted by Gasteiger charge is 2.45. The summed E-state index contributed by atoms with van der Waals surface area (Å²) in [5.74, 6) is -0.962. The number of rotatable bonds is 8. The van der Waals surface area contributed by atoms with Gasteiger partial charge in [0.1, 0.15) is 11.5 Å². The van der Waals surface area contributed by atoms with Crippen LogP contribution in [0.1, 0.15) is 30.5 Å². The number of aliphatic hydroxyl groups excluding tert-OH is 1. The van der Waals surface area contributed by atoms with E-state index in [2.05, 4.69) is 4.90 Å². The zero-order valence-corrected chi connectivity index (χ0v) is 20.0. The minimum absolute atomic E-state index is 0.0623. The van der Waals surface area contributed by atoms with Crippen LogP contribution in [-0.4, -0.2) is 72.6 Å². The SMILES string of the molecule is CCOc1cccc(/C(O)=C2\C(=O)C(=O)N(CCCN3CCOCC3)C2c2cccc(Cl)c2)c1. The Labute approximate surface area is 204 Å². The molecule has 8 heteroatoms. The van der Waals surface area contributed by atoms with Gasteiger partial charge in [-0.05, 0) is 43.2 Å². The topological polar surface area (TPSA) is 79.3 Å². The van der Waals surface area contributed by atoms with Crippen LogP contribution < -0.4 is 4.74 Å². The molecule has 0 spiro atoms. The minimum atomic E-state index is -0.723. The Morgan fingerprint density at radius 1 is 1.12 bits per heavy atom. The third-order valence-electron chi connectivity index (χ3n) is 6.10. The molecule has 1 unspecified atom stereocenters. The Balaban J connectivity index is 1.68. The molecule has 1 atom stereocenters. The first kappa shape index (κ1) is 24.3. The molecule has 2 aromatic rings. The summed E-state index contributed by atoms with van der Waals surface area (Å²) in [4.78, 5) is 30.1. The molecule has 0 saturated carbocycles. The predicted octanol–water partition coefficient (Wildman–Crippen LogP) is 3.88. The second kappa shape index (κ2) is 11.0. The van der Waals surface area contributed by atoms with Gasteiger partial charge in [0.15, 0.2) is 0 Å². The molecule has 4 rings (SSSR count). The molecule has 180 valence electrons. The summed E-state index contributed by atoms with van der Waals surface area (Å²) in [7, 11) is 0. The number of halogens is 1. The highest BCUT2D eigenvalue weighted by atomic mass is 35.5. The summed E-state index contributed by atoms with van der Waals surface area (Å²) in [5, 5.41) is 11.7. The largest absolute Gasteiger partial charge is 0.507 e. The number of likely N-dealkylation sites (tertiary alicyclic amines) is 1. The second-order valence-corrected chi connectivity index (χ2v) is 8.75. The summed E-state index contributed by atoms with van der Waals surface area (Å²) >= 11 is 6.25. The van der Waals surface area contributed by atoms with Gasteiger partial charge in [-0.15, -0.1) is 0 Å². The molecule has 2 heterocycles. The van der Waals surface area contributed by atoms with Crippen LogP contribution in [0.4, 0.5) is 0 Å². The lowest BCUT2D eigenvalue weighted by Crippen LogP contribution is -2.38. The number of carbonyl (C=O) groups excluding carboxylic acids is 2. The van der Waals surface area contributed by atoms with E-state index in [1.807, 2.05) is 13.0 Å². The van der Waals surface area contributed by atoms with Crippen molar-refractivity contribution in [3.8, 4) is 5.75 Å². The monoisotopic (exact) mass is 484 g/mol. The lowest BCUT2D eigenvalue weighted by Gasteiger charge is -2.29. The van der Waals surface area contributed by atoms with Crippen molar-refractivity contribution in [2.75, 3.05) is 46.0 Å². The Morgan fingerprint density at radius 2 is 1.88 bits per heavy atom. The van der Waals surface area contributed by atoms with Crippen LogP contribution in [0.2, 0.25) is 5.02 Å². The summed E-state index contributed by atoms with van der Waals surface area (Å²) in [6, 6.07) is 13.2. The maximum atomic E-state index is 13.2. The number of ketones is 1. The molecular formula is C26H29ClN2O5. The summed E-state index contributed by atoms with van der Waals surface area (Å²) < 4.78 is 10.9. The molecule has 2 aromatic carbocycles. The second-order valence-electron chi connectivity index (χ2n) is 8.32. The van der Waals surface area contributed by atoms with Gasteiger partial charge in [0, 0.05) is 36.8 Å². The summed E-state index contributed by atoms with van der Waals surface area (Å²) in [6.07, 6.45) is 0.698. The van der Waals surface area contributed by atoms with E-state index in [4.69, 9.17) is 21.1 Å². The van der Waals surface area contributed by atoms with Gasteiger partial charge >= 0.3 is 0 Å². The first-order valence-electron chi connectivity index (χ1n) is 11.6. The van der Waals surface area contributed by atoms with Crippen molar-refractivity contribution in [3.63, 3.8) is 0 Å². The van der Waals surface area contributed by atoms with E-state index in [9.17, 15) is 14.7 Å². The average Bonchev–Trinajstić information content (AvgIpc) is 3.10. The summed E-state index contributed by atoms with van der Waals surface area (Å²) in [6.45, 7) is 6.63. The fourth-order valence-electron chi connectivity index (χ4n) is 4.48. The molecule has 7 nitrogen and oxygen atoms in total. The Kier molecular flexibility index (Phi) is 7.88. The molecule has 0 bridgehead atoms. The van der Waals surface area contributed by atoms with Gasteiger partial charge in [0.25, 0.3) is 11.7 Å². The molecule has 0 radical (unpaired) electrons. The molecule has 34 heavy (non-hydrogen) atoms. The highest BCUT2D eigenvalue weighted by Crippen LogP contribution is 2.40. The number of carbonyl (C=O) groups is 2. The van der Waals surface area contributed by atoms with E-state index >= 15 is 0 Å². The molecule has 2 aliphatic rings. The average molecular weight is 485 g/mol. The number of nitrogens with zero attached hydrogens (tertiary/aromatic N) is 2. The molecule has 0 aromatic heterocycles. The van der Waals surface area contributed by atoms with Crippen LogP contribution in [0.5, 0.6) is 5.75 Å². The molecular weight excluding hydrogens is 456 g/mol. The lowest BCUT2D eigenvalue weighted by atomic mass is 9.95. The van der Waals surface area contributed by atoms with Gasteiger partial charge in [0.05, 0.1) is 31.4 Å². The van der Waals surface area contributed by atoms with Crippen LogP contribution in [-0.2, 0) is 14.3 Å². The summed E-state index contributed by atoms with van der Waals surface area (Å²) in [5.41, 5.74) is 1.16. The fourth-order valence-corrected chi connectivity index (χ4v) is 4.68. The molecule has 1 amide bonds. The first-order valence-corrected chi connectivity index (χ1v) is 11.9. The Hall–Kier alpha value is -2.87. The van der Waals surface area contributed by atoms with E-state index < -0.39 is 17.7 Å². The standard InChI is InChI=1S/C26H29ClN2O5/c1-2-34-21-9-4-7-19(17-21)24(30)22-23(18-6-3-8-20(27)16-18)29(26(32)25(22)31)11-5-10-28-12-14-33-15-13-28/h3-4,6-9,16-17,23,30H,2,5,10-15H2,1H3/b24-22+. The third kappa shape index (κ3) is 5.27. The highest BCUT2D eigenvalue weighted by molar-refractivity contribution is 6.46. The predicted molar refractivity (Wildman–Crippen MR) is 130 cm³/mol. The lowest BCUT2D eigenvalue weighted by molar-refractivity contribution is -0.140. The number of amides is 1. The van der Waals surface area contributed by atoms with E-state index in [-0.39, 0.29) is 11.3 Å². The van der Waals surface area contributed by atoms with Crippen LogP contribution in [0, 0.1) is 0 Å². The fraction of sp³-hybridized carbons (Fsp3) is 0.385. The minimum Gasteiger partial charge on any atom is -0.507 e. The number of ether oxygens (including phenoxy) is 2.